The topological polar surface area (TPSA) is 98.7 Å². The first-order valence-electron chi connectivity index (χ1n) is 6.56. The number of sulfonamides is 1. The van der Waals surface area contributed by atoms with Crippen LogP contribution in [0, 0.1) is 5.82 Å². The lowest BCUT2D eigenvalue weighted by atomic mass is 10.2. The normalized spacial score (nSPS) is 12.0. The van der Waals surface area contributed by atoms with E-state index in [1.165, 1.54) is 36.4 Å². The van der Waals surface area contributed by atoms with Crippen molar-refractivity contribution in [1.82, 2.24) is 4.72 Å². The molecule has 0 spiro atoms. The fourth-order valence-electron chi connectivity index (χ4n) is 1.73. The van der Waals surface area contributed by atoms with Gasteiger partial charge in [-0.1, -0.05) is 11.6 Å². The quantitative estimate of drug-likeness (QED) is 0.626. The van der Waals surface area contributed by atoms with Gasteiger partial charge in [0.1, 0.15) is 11.7 Å². The molecule has 2 rings (SSSR count). The molecular weight excluding hydrogens is 359 g/mol. The van der Waals surface area contributed by atoms with Crippen molar-refractivity contribution >= 4 is 33.4 Å². The highest BCUT2D eigenvalue weighted by atomic mass is 35.5. The van der Waals surface area contributed by atoms with E-state index >= 15 is 0 Å². The highest BCUT2D eigenvalue weighted by Gasteiger charge is 2.17. The average Bonchev–Trinajstić information content (AvgIpc) is 2.52. The lowest BCUT2D eigenvalue weighted by molar-refractivity contribution is -0.303. The number of nitrogens with zero attached hydrogens (tertiary/aromatic N) is 1. The maximum atomic E-state index is 13.0. The Morgan fingerprint density at radius 2 is 1.71 bits per heavy atom. The summed E-state index contributed by atoms with van der Waals surface area (Å²) < 4.78 is 39.9. The number of amidine groups is 1. The molecule has 2 aromatic carbocycles. The Labute approximate surface area is 142 Å². The summed E-state index contributed by atoms with van der Waals surface area (Å²) in [6.07, 6.45) is 0. The summed E-state index contributed by atoms with van der Waals surface area (Å²) in [6, 6.07) is 10.1. The smallest absolute Gasteiger partial charge is 0.263 e. The summed E-state index contributed by atoms with van der Waals surface area (Å²) in [4.78, 5) is 14.2. The monoisotopic (exact) mass is 369 g/mol. The van der Waals surface area contributed by atoms with Gasteiger partial charge >= 0.3 is 0 Å². The molecule has 24 heavy (non-hydrogen) atoms. The van der Waals surface area contributed by atoms with Crippen molar-refractivity contribution in [3.05, 3.63) is 64.9 Å². The van der Waals surface area contributed by atoms with E-state index in [1.54, 1.807) is 0 Å². The summed E-state index contributed by atoms with van der Waals surface area (Å²) in [5, 5.41) is 11.0. The van der Waals surface area contributed by atoms with Gasteiger partial charge in [-0.25, -0.2) is 12.8 Å². The van der Waals surface area contributed by atoms with Crippen LogP contribution in [0.4, 0.5) is 4.39 Å². The van der Waals surface area contributed by atoms with Crippen LogP contribution >= 0.6 is 11.6 Å². The lowest BCUT2D eigenvalue weighted by Gasteiger charge is -2.12. The van der Waals surface area contributed by atoms with Crippen LogP contribution in [0.1, 0.15) is 5.56 Å². The van der Waals surface area contributed by atoms with Gasteiger partial charge in [0, 0.05) is 10.6 Å². The van der Waals surface area contributed by atoms with E-state index in [0.717, 1.165) is 12.1 Å². The van der Waals surface area contributed by atoms with Crippen molar-refractivity contribution in [2.75, 3.05) is 6.54 Å². The van der Waals surface area contributed by atoms with Crippen molar-refractivity contribution < 1.29 is 22.7 Å². The molecule has 0 radical (unpaired) electrons. The number of hydrogen-bond acceptors (Lipinski definition) is 5. The fourth-order valence-corrected chi connectivity index (χ4v) is 2.91. The van der Waals surface area contributed by atoms with E-state index < -0.39 is 28.4 Å². The van der Waals surface area contributed by atoms with Crippen molar-refractivity contribution in [2.45, 2.75) is 4.90 Å². The van der Waals surface area contributed by atoms with Crippen LogP contribution in [0.15, 0.2) is 58.4 Å². The van der Waals surface area contributed by atoms with Crippen LogP contribution < -0.4 is 9.83 Å². The van der Waals surface area contributed by atoms with Gasteiger partial charge in [0.15, 0.2) is 0 Å². The Morgan fingerprint density at radius 1 is 1.12 bits per heavy atom. The van der Waals surface area contributed by atoms with Crippen LogP contribution in [0.3, 0.4) is 0 Å². The average molecular weight is 370 g/mol. The van der Waals surface area contributed by atoms with Gasteiger partial charge in [0.05, 0.1) is 17.4 Å². The number of nitrogens with one attached hydrogen (secondary N) is 1. The summed E-state index contributed by atoms with van der Waals surface area (Å²) >= 11 is 5.72. The Balaban J connectivity index is 2.37. The molecule has 0 amide bonds. The molecule has 0 aromatic heterocycles. The standard InChI is InChI=1S/C15H12ClFN2O4S/c16-11-3-7-13(8-4-11)24(22,23)19-15(18-9-14(20)21)10-1-5-12(17)6-2-10/h1-8H,9H2,(H,18,19)(H,20,21)/p-1. The maximum absolute atomic E-state index is 13.0. The van der Waals surface area contributed by atoms with Gasteiger partial charge < -0.3 is 9.90 Å². The van der Waals surface area contributed by atoms with Gasteiger partial charge in [-0.05, 0) is 48.5 Å². The molecule has 0 aliphatic rings. The first-order valence-corrected chi connectivity index (χ1v) is 8.43. The Hall–Kier alpha value is -2.45. The zero-order valence-electron chi connectivity index (χ0n) is 12.1. The van der Waals surface area contributed by atoms with E-state index in [2.05, 4.69) is 9.71 Å². The summed E-state index contributed by atoms with van der Waals surface area (Å²) in [7, 11) is -4.03. The third-order valence-corrected chi connectivity index (χ3v) is 4.45. The molecule has 0 heterocycles. The zero-order chi connectivity index (χ0) is 17.7. The molecule has 0 bridgehead atoms. The number of aliphatic carboxylic acids is 1. The minimum absolute atomic E-state index is 0.0878. The van der Waals surface area contributed by atoms with Gasteiger partial charge in [-0.15, -0.1) is 0 Å². The number of benzene rings is 2. The molecule has 0 aliphatic heterocycles. The number of carbonyl (C=O) groups excluding carboxylic acids is 1. The second-order valence-electron chi connectivity index (χ2n) is 4.60. The molecule has 2 aromatic rings. The Bertz CT molecular complexity index is 865. The molecule has 126 valence electrons. The van der Waals surface area contributed by atoms with Gasteiger partial charge in [0.2, 0.25) is 0 Å². The molecule has 0 aliphatic carbocycles. The molecule has 1 N–H and O–H groups in total. The minimum atomic E-state index is -4.03. The zero-order valence-corrected chi connectivity index (χ0v) is 13.6. The van der Waals surface area contributed by atoms with Gasteiger partial charge in [0.25, 0.3) is 10.0 Å². The molecule has 0 atom stereocenters. The van der Waals surface area contributed by atoms with E-state index in [9.17, 15) is 22.7 Å². The van der Waals surface area contributed by atoms with E-state index in [0.29, 0.717) is 5.02 Å². The van der Waals surface area contributed by atoms with Gasteiger partial charge in [-0.2, -0.15) is 0 Å². The number of rotatable bonds is 5. The summed E-state index contributed by atoms with van der Waals surface area (Å²) in [5.74, 6) is -2.26. The van der Waals surface area contributed by atoms with Crippen molar-refractivity contribution in [3.8, 4) is 0 Å². The number of carbonyl (C=O) groups is 1. The first-order chi connectivity index (χ1) is 11.3. The van der Waals surface area contributed by atoms with Crippen LogP contribution in [-0.4, -0.2) is 26.8 Å². The van der Waals surface area contributed by atoms with Crippen LogP contribution in [-0.2, 0) is 14.8 Å². The maximum Gasteiger partial charge on any atom is 0.263 e. The fraction of sp³-hybridized carbons (Fsp3) is 0.0667. The summed E-state index contributed by atoms with van der Waals surface area (Å²) in [6.45, 7) is -0.754. The molecule has 0 fully saturated rings. The molecular formula is C15H11ClFN2O4S-. The molecule has 0 saturated heterocycles. The van der Waals surface area contributed by atoms with Crippen LogP contribution in [0.2, 0.25) is 5.02 Å². The number of carboxylic acid groups (broad SMARTS) is 1. The Kier molecular flexibility index (Phi) is 5.53. The van der Waals surface area contributed by atoms with E-state index in [1.807, 2.05) is 0 Å². The first kappa shape index (κ1) is 17.9. The van der Waals surface area contributed by atoms with Gasteiger partial charge in [-0.3, -0.25) is 9.71 Å². The lowest BCUT2D eigenvalue weighted by Crippen LogP contribution is -2.33. The number of hydrogen-bond donors (Lipinski definition) is 1. The Morgan fingerprint density at radius 3 is 2.25 bits per heavy atom. The second kappa shape index (κ2) is 7.41. The number of halogens is 2. The largest absolute Gasteiger partial charge is 0.548 e. The van der Waals surface area contributed by atoms with Crippen molar-refractivity contribution in [3.63, 3.8) is 0 Å². The van der Waals surface area contributed by atoms with E-state index in [4.69, 9.17) is 11.6 Å². The SMILES string of the molecule is O=C([O-])CN=C(NS(=O)(=O)c1ccc(Cl)cc1)c1ccc(F)cc1. The second-order valence-corrected chi connectivity index (χ2v) is 6.72. The van der Waals surface area contributed by atoms with Crippen molar-refractivity contribution in [1.29, 1.82) is 0 Å². The van der Waals surface area contributed by atoms with E-state index in [-0.39, 0.29) is 16.3 Å². The van der Waals surface area contributed by atoms with Crippen LogP contribution in [0.25, 0.3) is 0 Å². The number of aliphatic imine (C=N–C) groups is 1. The molecule has 9 heteroatoms. The molecule has 6 nitrogen and oxygen atoms in total. The molecule has 0 saturated carbocycles. The number of carboxylic acids is 1. The van der Waals surface area contributed by atoms with Crippen molar-refractivity contribution in [2.24, 2.45) is 4.99 Å². The van der Waals surface area contributed by atoms with Crippen LogP contribution in [0.5, 0.6) is 0 Å². The highest BCUT2D eigenvalue weighted by Crippen LogP contribution is 2.14. The predicted molar refractivity (Wildman–Crippen MR) is 84.6 cm³/mol. The third-order valence-electron chi connectivity index (χ3n) is 2.84. The predicted octanol–water partition coefficient (Wildman–Crippen LogP) is 0.954. The molecule has 0 unspecified atom stereocenters. The summed E-state index contributed by atoms with van der Waals surface area (Å²) in [5.41, 5.74) is 0.204. The minimum Gasteiger partial charge on any atom is -0.548 e. The highest BCUT2D eigenvalue weighted by molar-refractivity contribution is 7.90. The third kappa shape index (κ3) is 4.77.